The van der Waals surface area contributed by atoms with Gasteiger partial charge in [-0.15, -0.1) is 0 Å². The fourth-order valence-electron chi connectivity index (χ4n) is 2.72. The fraction of sp³-hybridized carbons (Fsp3) is 0.500. The predicted octanol–water partition coefficient (Wildman–Crippen LogP) is -1.53. The quantitative estimate of drug-likeness (QED) is 0.141. The van der Waals surface area contributed by atoms with E-state index in [4.69, 9.17) is 5.73 Å². The number of aliphatic hydroxyl groups excluding tert-OH is 6. The zero-order valence-corrected chi connectivity index (χ0v) is 21.3. The van der Waals surface area contributed by atoms with Gasteiger partial charge in [-0.3, -0.25) is 9.59 Å². The third kappa shape index (κ3) is 6.09. The molecule has 1 rings (SSSR count). The Kier molecular flexibility index (Phi) is 11.4. The molecule has 0 spiro atoms. The molecule has 0 aliphatic rings. The van der Waals surface area contributed by atoms with Crippen molar-refractivity contribution >= 4 is 79.6 Å². The molecule has 0 radical (unpaired) electrons. The Bertz CT molecular complexity index is 733. The molecule has 0 saturated carbocycles. The molecule has 0 aliphatic heterocycles. The number of aliphatic hydroxyl groups is 6. The molecule has 1 aromatic rings. The highest BCUT2D eigenvalue weighted by molar-refractivity contribution is 14.1. The fourth-order valence-corrected chi connectivity index (χ4v) is 7.09. The SMILES string of the molecule is NC(=O)c1c(I)cc(I)c(C(=O)N(C(CO)C(O)CO)C(CO)C(O)CO)c1I. The number of carbonyl (C=O) groups is 2. The molecular weight excluding hydrogens is 729 g/mol. The van der Waals surface area contributed by atoms with Crippen molar-refractivity contribution in [3.63, 3.8) is 0 Å². The second-order valence-electron chi connectivity index (χ2n) is 5.98. The van der Waals surface area contributed by atoms with Crippen molar-refractivity contribution in [3.05, 3.63) is 27.9 Å². The highest BCUT2D eigenvalue weighted by Crippen LogP contribution is 2.30. The molecule has 0 bridgehead atoms. The van der Waals surface area contributed by atoms with Gasteiger partial charge in [0.25, 0.3) is 11.8 Å². The number of rotatable bonds is 10. The Hall–Kier alpha value is 0.110. The third-order valence-electron chi connectivity index (χ3n) is 4.22. The van der Waals surface area contributed by atoms with Crippen LogP contribution in [0.5, 0.6) is 0 Å². The van der Waals surface area contributed by atoms with E-state index in [-0.39, 0.29) is 14.7 Å². The predicted molar refractivity (Wildman–Crippen MR) is 127 cm³/mol. The summed E-state index contributed by atoms with van der Waals surface area (Å²) < 4.78 is 1.14. The summed E-state index contributed by atoms with van der Waals surface area (Å²) in [5.41, 5.74) is 5.53. The Morgan fingerprint density at radius 3 is 1.62 bits per heavy atom. The van der Waals surface area contributed by atoms with Gasteiger partial charge in [0.05, 0.1) is 61.8 Å². The van der Waals surface area contributed by atoms with E-state index in [1.54, 1.807) is 28.7 Å². The molecule has 0 saturated heterocycles. The molecule has 164 valence electrons. The second kappa shape index (κ2) is 12.2. The number of hydrogen-bond donors (Lipinski definition) is 7. The average Bonchev–Trinajstić information content (AvgIpc) is 2.66. The first kappa shape index (κ1) is 27.1. The lowest BCUT2D eigenvalue weighted by atomic mass is 10.0. The third-order valence-corrected chi connectivity index (χ3v) is 7.00. The maximum absolute atomic E-state index is 13.5. The van der Waals surface area contributed by atoms with E-state index in [0.29, 0.717) is 7.14 Å². The van der Waals surface area contributed by atoms with Crippen LogP contribution in [0.25, 0.3) is 0 Å². The normalized spacial score (nSPS) is 15.5. The lowest BCUT2D eigenvalue weighted by Gasteiger charge is -2.40. The summed E-state index contributed by atoms with van der Waals surface area (Å²) in [6.45, 7) is -3.23. The van der Waals surface area contributed by atoms with Crippen LogP contribution < -0.4 is 5.73 Å². The molecule has 10 nitrogen and oxygen atoms in total. The number of nitrogens with two attached hydrogens (primary N) is 1. The van der Waals surface area contributed by atoms with E-state index in [1.807, 2.05) is 45.2 Å². The molecule has 0 heterocycles. The minimum Gasteiger partial charge on any atom is -0.394 e. The number of amides is 2. The Morgan fingerprint density at radius 1 is 0.862 bits per heavy atom. The first-order chi connectivity index (χ1) is 13.6. The van der Waals surface area contributed by atoms with Gasteiger partial charge >= 0.3 is 0 Å². The van der Waals surface area contributed by atoms with E-state index in [9.17, 15) is 40.2 Å². The Labute approximate surface area is 207 Å². The topological polar surface area (TPSA) is 185 Å². The van der Waals surface area contributed by atoms with Crippen LogP contribution in [0.4, 0.5) is 0 Å². The highest BCUT2D eigenvalue weighted by atomic mass is 127. The molecule has 0 aromatic heterocycles. The molecule has 8 N–H and O–H groups in total. The minimum absolute atomic E-state index is 0.00703. The van der Waals surface area contributed by atoms with Crippen LogP contribution in [0.3, 0.4) is 0 Å². The van der Waals surface area contributed by atoms with Crippen molar-refractivity contribution in [1.29, 1.82) is 0 Å². The lowest BCUT2D eigenvalue weighted by Crippen LogP contribution is -2.60. The van der Waals surface area contributed by atoms with Crippen LogP contribution >= 0.6 is 67.8 Å². The summed E-state index contributed by atoms with van der Waals surface area (Å²) in [6.07, 6.45) is -3.20. The average molecular weight is 750 g/mol. The van der Waals surface area contributed by atoms with Gasteiger partial charge in [-0.2, -0.15) is 0 Å². The Morgan fingerprint density at radius 2 is 1.28 bits per heavy atom. The molecule has 0 fully saturated rings. The van der Waals surface area contributed by atoms with Gasteiger partial charge < -0.3 is 41.3 Å². The number of carbonyl (C=O) groups excluding carboxylic acids is 2. The van der Waals surface area contributed by atoms with Gasteiger partial charge in [0, 0.05) is 10.7 Å². The van der Waals surface area contributed by atoms with Gasteiger partial charge in [-0.1, -0.05) is 0 Å². The zero-order chi connectivity index (χ0) is 22.5. The first-order valence-corrected chi connectivity index (χ1v) is 11.4. The van der Waals surface area contributed by atoms with E-state index in [2.05, 4.69) is 0 Å². The molecule has 4 atom stereocenters. The second-order valence-corrected chi connectivity index (χ2v) is 9.38. The monoisotopic (exact) mass is 750 g/mol. The Balaban J connectivity index is 3.72. The molecule has 13 heteroatoms. The van der Waals surface area contributed by atoms with Gasteiger partial charge in [-0.25, -0.2) is 0 Å². The lowest BCUT2D eigenvalue weighted by molar-refractivity contribution is -0.0630. The van der Waals surface area contributed by atoms with Crippen molar-refractivity contribution in [3.8, 4) is 0 Å². The summed E-state index contributed by atoms with van der Waals surface area (Å²) in [7, 11) is 0. The highest BCUT2D eigenvalue weighted by Gasteiger charge is 2.39. The van der Waals surface area contributed by atoms with Crippen LogP contribution in [0.15, 0.2) is 6.07 Å². The van der Waals surface area contributed by atoms with Gasteiger partial charge in [0.1, 0.15) is 0 Å². The van der Waals surface area contributed by atoms with E-state index in [1.165, 1.54) is 0 Å². The van der Waals surface area contributed by atoms with Crippen molar-refractivity contribution in [2.75, 3.05) is 26.4 Å². The number of primary amides is 1. The van der Waals surface area contributed by atoms with Crippen molar-refractivity contribution in [1.82, 2.24) is 4.90 Å². The molecule has 2 amide bonds. The van der Waals surface area contributed by atoms with Gasteiger partial charge in [-0.05, 0) is 73.8 Å². The number of nitrogens with zero attached hydrogens (tertiary/aromatic N) is 1. The standard InChI is InChI=1S/C16H21I3N2O8/c17-6-1-7(18)13(14(19)12(6)15(20)28)16(29)21(8(2-22)10(26)4-24)9(3-23)11(27)5-25/h1,8-11,22-27H,2-5H2,(H2,20,28). The minimum atomic E-state index is -1.60. The molecule has 4 unspecified atom stereocenters. The molecule has 29 heavy (non-hydrogen) atoms. The van der Waals surface area contributed by atoms with Crippen LogP contribution in [0, 0.1) is 10.7 Å². The van der Waals surface area contributed by atoms with Crippen molar-refractivity contribution < 1.29 is 40.2 Å². The first-order valence-electron chi connectivity index (χ1n) is 8.16. The maximum atomic E-state index is 13.5. The van der Waals surface area contributed by atoms with Crippen molar-refractivity contribution in [2.24, 2.45) is 5.73 Å². The smallest absolute Gasteiger partial charge is 0.256 e. The van der Waals surface area contributed by atoms with Crippen LogP contribution in [0.2, 0.25) is 0 Å². The van der Waals surface area contributed by atoms with E-state index >= 15 is 0 Å². The molecule has 1 aromatic carbocycles. The molecule has 0 aliphatic carbocycles. The number of benzene rings is 1. The zero-order valence-electron chi connectivity index (χ0n) is 14.9. The molecular formula is C16H21I3N2O8. The van der Waals surface area contributed by atoms with Crippen molar-refractivity contribution in [2.45, 2.75) is 24.3 Å². The summed E-state index contributed by atoms with van der Waals surface area (Å²) >= 11 is 5.54. The largest absolute Gasteiger partial charge is 0.394 e. The number of halogens is 3. The summed E-state index contributed by atoms with van der Waals surface area (Å²) in [5.74, 6) is -1.60. The van der Waals surface area contributed by atoms with Crippen LogP contribution in [-0.2, 0) is 0 Å². The summed E-state index contributed by atoms with van der Waals surface area (Å²) in [4.78, 5) is 26.1. The summed E-state index contributed by atoms with van der Waals surface area (Å²) in [5, 5.41) is 58.3. The summed E-state index contributed by atoms with van der Waals surface area (Å²) in [6, 6.07) is -1.27. The van der Waals surface area contributed by atoms with Gasteiger partial charge in [0.15, 0.2) is 0 Å². The number of hydrogen-bond acceptors (Lipinski definition) is 8. The van der Waals surface area contributed by atoms with Crippen LogP contribution in [-0.4, -0.2) is 98.1 Å². The van der Waals surface area contributed by atoms with E-state index < -0.39 is 62.5 Å². The van der Waals surface area contributed by atoms with Crippen LogP contribution in [0.1, 0.15) is 20.7 Å². The maximum Gasteiger partial charge on any atom is 0.256 e. The van der Waals surface area contributed by atoms with E-state index in [0.717, 1.165) is 4.90 Å². The van der Waals surface area contributed by atoms with Gasteiger partial charge in [0.2, 0.25) is 0 Å².